The number of hydrogen-bond acceptors (Lipinski definition) is 10. The van der Waals surface area contributed by atoms with E-state index in [0.29, 0.717) is 52.6 Å². The number of rotatable bonds is 9. The molecule has 0 unspecified atom stereocenters. The van der Waals surface area contributed by atoms with Crippen LogP contribution < -0.4 is 27.6 Å². The largest absolute Gasteiger partial charge is 0.382 e. The second-order valence-corrected chi connectivity index (χ2v) is 10.6. The van der Waals surface area contributed by atoms with Gasteiger partial charge in [-0.3, -0.25) is 33.4 Å². The number of hydrogen-bond donors (Lipinski definition) is 3. The lowest BCUT2D eigenvalue weighted by atomic mass is 10.2. The summed E-state index contributed by atoms with van der Waals surface area (Å²) in [5.41, 5.74) is 7.63. The molecular formula is C29H33N11O5. The first-order valence-corrected chi connectivity index (χ1v) is 14.7. The van der Waals surface area contributed by atoms with E-state index in [1.54, 1.807) is 53.7 Å². The molecule has 1 atom stereocenters. The summed E-state index contributed by atoms with van der Waals surface area (Å²) < 4.78 is 11.8. The van der Waals surface area contributed by atoms with Crippen molar-refractivity contribution in [3.8, 4) is 0 Å². The van der Waals surface area contributed by atoms with Crippen molar-refractivity contribution in [3.63, 3.8) is 0 Å². The summed E-state index contributed by atoms with van der Waals surface area (Å²) in [6, 6.07) is 6.36. The van der Waals surface area contributed by atoms with Gasteiger partial charge in [-0.05, 0) is 51.0 Å². The number of nitrogens with two attached hydrogens (primary N) is 1. The molecule has 6 rings (SSSR count). The number of anilines is 3. The van der Waals surface area contributed by atoms with Crippen LogP contribution in [0.3, 0.4) is 0 Å². The van der Waals surface area contributed by atoms with Crippen LogP contribution in [0.2, 0.25) is 0 Å². The first-order valence-electron chi connectivity index (χ1n) is 14.7. The summed E-state index contributed by atoms with van der Waals surface area (Å²) in [7, 11) is 1.70. The molecule has 234 valence electrons. The number of imidazole rings is 2. The lowest BCUT2D eigenvalue weighted by Crippen LogP contribution is -2.39. The van der Waals surface area contributed by atoms with E-state index < -0.39 is 17.2 Å². The number of benzene rings is 1. The zero-order valence-electron chi connectivity index (χ0n) is 25.1. The molecule has 0 radical (unpaired) electrons. The van der Waals surface area contributed by atoms with Crippen molar-refractivity contribution in [2.75, 3.05) is 23.0 Å². The van der Waals surface area contributed by atoms with Crippen LogP contribution in [0.1, 0.15) is 55.5 Å². The summed E-state index contributed by atoms with van der Waals surface area (Å²) in [4.78, 5) is 68.8. The number of nitrogen functional groups attached to an aromatic ring is 1. The van der Waals surface area contributed by atoms with Crippen molar-refractivity contribution in [2.24, 2.45) is 7.05 Å². The third-order valence-corrected chi connectivity index (χ3v) is 7.86. The molecule has 2 amide bonds. The molecular weight excluding hydrogens is 582 g/mol. The van der Waals surface area contributed by atoms with E-state index in [1.807, 2.05) is 6.92 Å². The first-order chi connectivity index (χ1) is 21.7. The van der Waals surface area contributed by atoms with Crippen LogP contribution in [0.4, 0.5) is 17.5 Å². The number of aromatic nitrogens is 8. The number of carbonyl (C=O) groups excluding carboxylic acids is 2. The fourth-order valence-electron chi connectivity index (χ4n) is 5.51. The fraction of sp³-hybridized carbons (Fsp3) is 0.379. The lowest BCUT2D eigenvalue weighted by Gasteiger charge is -2.12. The summed E-state index contributed by atoms with van der Waals surface area (Å²) in [5.74, 6) is -0.0442. The van der Waals surface area contributed by atoms with Crippen LogP contribution in [0.5, 0.6) is 0 Å². The Morgan fingerprint density at radius 1 is 1.02 bits per heavy atom. The molecule has 0 aliphatic carbocycles. The van der Waals surface area contributed by atoms with Gasteiger partial charge in [0.2, 0.25) is 11.9 Å². The standard InChI is InChI=1S/C29H33N11O5/c1-4-38-25-22(27(43)39(5-2)29(38)44)37(3)18(33-25)12-13-19(41)32-17-10-8-16(9-11-17)26(42)36-28-34-23(30)21-24(35-28)40(15-31-21)20-7-6-14-45-20/h8-11,15,20H,4-7,12-14H2,1-3H3,(H,32,41)(H3,30,34,35,36,42)/t20-/m1/s1. The predicted octanol–water partition coefficient (Wildman–Crippen LogP) is 1.79. The zero-order valence-corrected chi connectivity index (χ0v) is 25.1. The van der Waals surface area contributed by atoms with Crippen molar-refractivity contribution in [2.45, 2.75) is 58.8 Å². The highest BCUT2D eigenvalue weighted by atomic mass is 16.5. The molecule has 1 saturated heterocycles. The highest BCUT2D eigenvalue weighted by Crippen LogP contribution is 2.28. The van der Waals surface area contributed by atoms with E-state index in [4.69, 9.17) is 10.5 Å². The predicted molar refractivity (Wildman–Crippen MR) is 166 cm³/mol. The summed E-state index contributed by atoms with van der Waals surface area (Å²) in [5, 5.41) is 5.48. The van der Waals surface area contributed by atoms with Gasteiger partial charge in [0.25, 0.3) is 11.5 Å². The molecule has 5 aromatic rings. The molecule has 0 spiro atoms. The molecule has 45 heavy (non-hydrogen) atoms. The number of amides is 2. The first kappa shape index (κ1) is 29.7. The Morgan fingerprint density at radius 3 is 2.47 bits per heavy atom. The van der Waals surface area contributed by atoms with Gasteiger partial charge in [-0.1, -0.05) is 0 Å². The van der Waals surface area contributed by atoms with Crippen molar-refractivity contribution in [1.29, 1.82) is 0 Å². The van der Waals surface area contributed by atoms with Gasteiger partial charge in [0, 0.05) is 50.8 Å². The van der Waals surface area contributed by atoms with Crippen LogP contribution in [-0.4, -0.2) is 56.6 Å². The van der Waals surface area contributed by atoms with Gasteiger partial charge in [0.1, 0.15) is 17.6 Å². The van der Waals surface area contributed by atoms with Gasteiger partial charge in [-0.15, -0.1) is 0 Å². The zero-order chi connectivity index (χ0) is 31.8. The smallest absolute Gasteiger partial charge is 0.332 e. The van der Waals surface area contributed by atoms with E-state index in [2.05, 4.69) is 30.6 Å². The van der Waals surface area contributed by atoms with Crippen molar-refractivity contribution >= 4 is 51.6 Å². The van der Waals surface area contributed by atoms with E-state index >= 15 is 0 Å². The summed E-state index contributed by atoms with van der Waals surface area (Å²) in [6.07, 6.45) is 3.50. The van der Waals surface area contributed by atoms with Crippen molar-refractivity contribution < 1.29 is 14.3 Å². The number of aryl methyl sites for hydroxylation is 3. The molecule has 0 saturated carbocycles. The Kier molecular flexibility index (Phi) is 7.88. The molecule has 1 aromatic carbocycles. The minimum absolute atomic E-state index is 0.0358. The molecule has 16 nitrogen and oxygen atoms in total. The Morgan fingerprint density at radius 2 is 1.78 bits per heavy atom. The molecule has 5 heterocycles. The maximum absolute atomic E-state index is 12.9. The summed E-state index contributed by atoms with van der Waals surface area (Å²) >= 11 is 0. The van der Waals surface area contributed by atoms with Crippen LogP contribution in [0.25, 0.3) is 22.3 Å². The number of fused-ring (bicyclic) bond motifs is 2. The topological polar surface area (TPSA) is 199 Å². The highest BCUT2D eigenvalue weighted by Gasteiger charge is 2.23. The third-order valence-electron chi connectivity index (χ3n) is 7.86. The quantitative estimate of drug-likeness (QED) is 0.220. The van der Waals surface area contributed by atoms with Crippen LogP contribution in [-0.2, 0) is 36.1 Å². The van der Waals surface area contributed by atoms with Crippen molar-refractivity contribution in [3.05, 3.63) is 62.8 Å². The fourth-order valence-corrected chi connectivity index (χ4v) is 5.51. The van der Waals surface area contributed by atoms with Crippen LogP contribution in [0, 0.1) is 0 Å². The Labute approximate surface area is 255 Å². The molecule has 1 aliphatic rings. The van der Waals surface area contributed by atoms with E-state index in [-0.39, 0.29) is 43.3 Å². The lowest BCUT2D eigenvalue weighted by molar-refractivity contribution is -0.116. The average molecular weight is 616 g/mol. The Balaban J connectivity index is 1.11. The maximum atomic E-state index is 12.9. The van der Waals surface area contributed by atoms with Gasteiger partial charge in [-0.2, -0.15) is 9.97 Å². The second kappa shape index (κ2) is 12.0. The minimum atomic E-state index is -0.454. The third kappa shape index (κ3) is 5.43. The molecule has 16 heteroatoms. The molecule has 1 fully saturated rings. The Hall–Kier alpha value is -5.38. The van der Waals surface area contributed by atoms with E-state index in [1.165, 1.54) is 9.13 Å². The molecule has 4 N–H and O–H groups in total. The van der Waals surface area contributed by atoms with E-state index in [9.17, 15) is 19.2 Å². The number of ether oxygens (including phenoxy) is 1. The minimum Gasteiger partial charge on any atom is -0.382 e. The van der Waals surface area contributed by atoms with Crippen LogP contribution in [0.15, 0.2) is 40.2 Å². The number of carbonyl (C=O) groups is 2. The second-order valence-electron chi connectivity index (χ2n) is 10.6. The highest BCUT2D eigenvalue weighted by molar-refractivity contribution is 6.04. The Bertz CT molecular complexity index is 2050. The molecule has 0 bridgehead atoms. The molecule has 1 aliphatic heterocycles. The van der Waals surface area contributed by atoms with Gasteiger partial charge in [0.15, 0.2) is 22.6 Å². The molecule has 4 aromatic heterocycles. The van der Waals surface area contributed by atoms with Gasteiger partial charge in [-0.25, -0.2) is 14.8 Å². The van der Waals surface area contributed by atoms with Gasteiger partial charge in [0.05, 0.1) is 6.33 Å². The summed E-state index contributed by atoms with van der Waals surface area (Å²) in [6.45, 7) is 4.81. The number of nitrogens with one attached hydrogen (secondary N) is 2. The number of nitrogens with zero attached hydrogens (tertiary/aromatic N) is 8. The van der Waals surface area contributed by atoms with Gasteiger partial charge >= 0.3 is 5.69 Å². The monoisotopic (exact) mass is 615 g/mol. The van der Waals surface area contributed by atoms with Gasteiger partial charge < -0.3 is 20.4 Å². The normalized spacial score (nSPS) is 14.8. The maximum Gasteiger partial charge on any atom is 0.332 e. The van der Waals surface area contributed by atoms with Crippen molar-refractivity contribution in [1.82, 2.24) is 38.2 Å². The van der Waals surface area contributed by atoms with Crippen LogP contribution >= 0.6 is 0 Å². The average Bonchev–Trinajstić information content (AvgIpc) is 3.76. The SMILES string of the molecule is CCn1c(=O)c2c(nc(CCC(=O)Nc3ccc(C(=O)Nc4nc(N)c5ncn([C@H]6CCCO6)c5n4)cc3)n2C)n(CC)c1=O. The van der Waals surface area contributed by atoms with E-state index in [0.717, 1.165) is 12.8 Å².